The number of hydrogen-bond acceptors (Lipinski definition) is 2. The van der Waals surface area contributed by atoms with Crippen LogP contribution in [0, 0.1) is 0 Å². The molecule has 23 heavy (non-hydrogen) atoms. The molecule has 0 aromatic heterocycles. The molecule has 0 heterocycles. The number of hydrogen-bond donors (Lipinski definition) is 2. The molecule has 0 saturated heterocycles. The Morgan fingerprint density at radius 1 is 1.09 bits per heavy atom. The lowest BCUT2D eigenvalue weighted by atomic mass is 10.1. The zero-order valence-corrected chi connectivity index (χ0v) is 14.9. The van der Waals surface area contributed by atoms with Crippen molar-refractivity contribution in [1.29, 1.82) is 0 Å². The van der Waals surface area contributed by atoms with Gasteiger partial charge in [0.25, 0.3) is 0 Å². The monoisotopic (exact) mass is 374 g/mol. The third kappa shape index (κ3) is 5.87. The number of aliphatic hydroxyl groups is 1. The predicted molar refractivity (Wildman–Crippen MR) is 94.6 cm³/mol. The van der Waals surface area contributed by atoms with Gasteiger partial charge in [-0.2, -0.15) is 0 Å². The Morgan fingerprint density at radius 2 is 1.83 bits per heavy atom. The topological polar surface area (TPSA) is 46.1 Å². The highest BCUT2D eigenvalue weighted by Gasteiger charge is 2.14. The van der Waals surface area contributed by atoms with Crippen molar-refractivity contribution in [3.63, 3.8) is 0 Å². The van der Waals surface area contributed by atoms with E-state index < -0.39 is 6.10 Å². The Hall–Kier alpha value is -0.970. The van der Waals surface area contributed by atoms with Gasteiger partial charge in [0.2, 0.25) is 0 Å². The van der Waals surface area contributed by atoms with Crippen LogP contribution in [0.25, 0.3) is 0 Å². The number of ether oxygens (including phenoxy) is 1. The second-order valence-corrected chi connectivity index (χ2v) is 6.63. The van der Waals surface area contributed by atoms with Crippen LogP contribution in [-0.2, 0) is 0 Å². The van der Waals surface area contributed by atoms with Gasteiger partial charge in [-0.15, -0.1) is 0 Å². The smallest absolute Gasteiger partial charge is 0.139 e. The summed E-state index contributed by atoms with van der Waals surface area (Å²) in [6, 6.07) is 12.9. The molecule has 2 aromatic rings. The summed E-state index contributed by atoms with van der Waals surface area (Å²) in [5.74, 6) is 0.473. The van der Waals surface area contributed by atoms with E-state index in [0.717, 1.165) is 5.56 Å². The summed E-state index contributed by atoms with van der Waals surface area (Å²) in [6.45, 7) is 2.72. The van der Waals surface area contributed by atoms with Gasteiger partial charge < -0.3 is 15.2 Å². The highest BCUT2D eigenvalue weighted by molar-refractivity contribution is 6.34. The van der Waals surface area contributed by atoms with Gasteiger partial charge in [0.15, 0.2) is 0 Å². The first kappa shape index (κ1) is 18.4. The number of halogens is 3. The normalized spacial score (nSPS) is 13.6. The van der Waals surface area contributed by atoms with Gasteiger partial charge in [0.05, 0.1) is 5.02 Å². The van der Waals surface area contributed by atoms with Crippen LogP contribution in [0.3, 0.4) is 0 Å². The van der Waals surface area contributed by atoms with Gasteiger partial charge >= 0.3 is 0 Å². The van der Waals surface area contributed by atoms with Crippen molar-refractivity contribution < 1.29 is 15.2 Å². The Balaban J connectivity index is 1.81. The summed E-state index contributed by atoms with van der Waals surface area (Å²) < 4.78 is 5.53. The molecule has 0 unspecified atom stereocenters. The largest absolute Gasteiger partial charge is 0.489 e. The summed E-state index contributed by atoms with van der Waals surface area (Å²) in [5, 5.41) is 13.8. The van der Waals surface area contributed by atoms with Crippen LogP contribution in [0.4, 0.5) is 0 Å². The fourth-order valence-corrected chi connectivity index (χ4v) is 2.66. The minimum atomic E-state index is -0.619. The van der Waals surface area contributed by atoms with Crippen molar-refractivity contribution >= 4 is 34.8 Å². The van der Waals surface area contributed by atoms with Gasteiger partial charge in [-0.3, -0.25) is 0 Å². The van der Waals surface area contributed by atoms with E-state index >= 15 is 0 Å². The summed E-state index contributed by atoms with van der Waals surface area (Å²) >= 11 is 17.9. The maximum atomic E-state index is 10.1. The van der Waals surface area contributed by atoms with Crippen LogP contribution in [0.2, 0.25) is 15.1 Å². The van der Waals surface area contributed by atoms with E-state index in [0.29, 0.717) is 27.4 Å². The van der Waals surface area contributed by atoms with Crippen LogP contribution in [-0.4, -0.2) is 24.4 Å². The maximum absolute atomic E-state index is 10.1. The zero-order valence-electron chi connectivity index (χ0n) is 12.7. The van der Waals surface area contributed by atoms with Gasteiger partial charge in [-0.25, -0.2) is 0 Å². The Morgan fingerprint density at radius 3 is 2.57 bits per heavy atom. The number of rotatable bonds is 7. The van der Waals surface area contributed by atoms with E-state index in [1.54, 1.807) is 18.2 Å². The van der Waals surface area contributed by atoms with Gasteiger partial charge in [-0.05, 0) is 31.2 Å². The Kier molecular flexibility index (Phi) is 7.00. The number of aliphatic hydroxyl groups excluding tert-OH is 1. The second-order valence-electron chi connectivity index (χ2n) is 5.35. The van der Waals surface area contributed by atoms with Crippen molar-refractivity contribution in [2.24, 2.45) is 0 Å². The molecule has 3 nitrogen and oxygen atoms in total. The molecule has 2 atom stereocenters. The number of benzene rings is 2. The van der Waals surface area contributed by atoms with Crippen LogP contribution in [0.15, 0.2) is 42.5 Å². The molecule has 0 saturated carbocycles. The number of quaternary nitrogens is 1. The lowest BCUT2D eigenvalue weighted by Crippen LogP contribution is -2.87. The molecule has 6 heteroatoms. The first-order valence-corrected chi connectivity index (χ1v) is 8.44. The maximum Gasteiger partial charge on any atom is 0.139 e. The molecule has 0 aliphatic heterocycles. The summed E-state index contributed by atoms with van der Waals surface area (Å²) in [4.78, 5) is 0. The lowest BCUT2D eigenvalue weighted by Gasteiger charge is -2.16. The highest BCUT2D eigenvalue weighted by atomic mass is 35.5. The SMILES string of the molecule is C[C@H]([NH2+]C[C@@H](O)COc1cc(Cl)ccc1Cl)c1cccc(Cl)c1. The third-order valence-electron chi connectivity index (χ3n) is 3.46. The molecule has 0 bridgehead atoms. The third-order valence-corrected chi connectivity index (χ3v) is 4.24. The molecule has 0 fully saturated rings. The first-order valence-electron chi connectivity index (χ1n) is 7.30. The van der Waals surface area contributed by atoms with Crippen LogP contribution < -0.4 is 10.1 Å². The molecule has 0 aliphatic carbocycles. The van der Waals surface area contributed by atoms with E-state index in [4.69, 9.17) is 39.5 Å². The summed E-state index contributed by atoms with van der Waals surface area (Å²) in [5.41, 5.74) is 1.11. The van der Waals surface area contributed by atoms with Crippen molar-refractivity contribution in [2.75, 3.05) is 13.2 Å². The predicted octanol–water partition coefficient (Wildman–Crippen LogP) is 3.71. The van der Waals surface area contributed by atoms with E-state index in [-0.39, 0.29) is 12.6 Å². The molecule has 3 N–H and O–H groups in total. The minimum absolute atomic E-state index is 0.152. The average molecular weight is 376 g/mol. The van der Waals surface area contributed by atoms with Crippen LogP contribution in [0.5, 0.6) is 5.75 Å². The molecule has 2 rings (SSSR count). The van der Waals surface area contributed by atoms with Crippen molar-refractivity contribution in [2.45, 2.75) is 19.1 Å². The standard InChI is InChI=1S/C17H18Cl3NO2/c1-11(12-3-2-4-13(18)7-12)21-9-15(22)10-23-17-8-14(19)5-6-16(17)20/h2-8,11,15,21-22H,9-10H2,1H3/p+1/t11-,15+/m0/s1. The molecular weight excluding hydrogens is 357 g/mol. The highest BCUT2D eigenvalue weighted by Crippen LogP contribution is 2.27. The van der Waals surface area contributed by atoms with Gasteiger partial charge in [0.1, 0.15) is 31.0 Å². The molecule has 0 radical (unpaired) electrons. The van der Waals surface area contributed by atoms with Crippen molar-refractivity contribution in [3.05, 3.63) is 63.1 Å². The van der Waals surface area contributed by atoms with Gasteiger partial charge in [-0.1, -0.05) is 46.9 Å². The second kappa shape index (κ2) is 8.76. The van der Waals surface area contributed by atoms with E-state index in [2.05, 4.69) is 6.92 Å². The molecular formula is C17H19Cl3NO2+. The van der Waals surface area contributed by atoms with E-state index in [1.807, 2.05) is 29.6 Å². The molecule has 0 amide bonds. The van der Waals surface area contributed by atoms with Crippen molar-refractivity contribution in [1.82, 2.24) is 0 Å². The Labute approximate surface area is 151 Å². The average Bonchev–Trinajstić information content (AvgIpc) is 2.53. The van der Waals surface area contributed by atoms with E-state index in [1.165, 1.54) is 0 Å². The fraction of sp³-hybridized carbons (Fsp3) is 0.294. The number of nitrogens with two attached hydrogens (primary N) is 1. The van der Waals surface area contributed by atoms with Gasteiger partial charge in [0, 0.05) is 21.7 Å². The molecule has 2 aromatic carbocycles. The summed E-state index contributed by atoms with van der Waals surface area (Å²) in [6.07, 6.45) is -0.619. The molecule has 124 valence electrons. The molecule has 0 aliphatic rings. The zero-order chi connectivity index (χ0) is 16.8. The lowest BCUT2D eigenvalue weighted by molar-refractivity contribution is -0.698. The quantitative estimate of drug-likeness (QED) is 0.775. The van der Waals surface area contributed by atoms with Crippen molar-refractivity contribution in [3.8, 4) is 5.75 Å². The fourth-order valence-electron chi connectivity index (χ4n) is 2.13. The Bertz CT molecular complexity index is 651. The minimum Gasteiger partial charge on any atom is -0.489 e. The summed E-state index contributed by atoms with van der Waals surface area (Å²) in [7, 11) is 0. The first-order chi connectivity index (χ1) is 11.0. The molecule has 0 spiro atoms. The van der Waals surface area contributed by atoms with Crippen LogP contribution >= 0.6 is 34.8 Å². The van der Waals surface area contributed by atoms with Crippen LogP contribution in [0.1, 0.15) is 18.5 Å². The van der Waals surface area contributed by atoms with E-state index in [9.17, 15) is 5.11 Å².